The van der Waals surface area contributed by atoms with Gasteiger partial charge in [0.2, 0.25) is 0 Å². The molecule has 5 rings (SSSR count). The number of rotatable bonds is 7. The van der Waals surface area contributed by atoms with Gasteiger partial charge in [0.1, 0.15) is 0 Å². The van der Waals surface area contributed by atoms with Gasteiger partial charge in [-0.2, -0.15) is 0 Å². The minimum absolute atomic E-state index is 0.194. The predicted octanol–water partition coefficient (Wildman–Crippen LogP) is 6.42. The van der Waals surface area contributed by atoms with Crippen LogP contribution in [0.15, 0.2) is 72.4 Å². The fourth-order valence-corrected chi connectivity index (χ4v) is 4.78. The number of fused-ring (bicyclic) bond motifs is 1. The second-order valence-corrected chi connectivity index (χ2v) is 8.73. The maximum Gasteiger partial charge on any atom is 0.163 e. The molecule has 1 saturated carbocycles. The fourth-order valence-electron chi connectivity index (χ4n) is 4.78. The predicted molar refractivity (Wildman–Crippen MR) is 128 cm³/mol. The summed E-state index contributed by atoms with van der Waals surface area (Å²) in [6.45, 7) is 0.694. The molecule has 0 heterocycles. The van der Waals surface area contributed by atoms with Crippen LogP contribution in [-0.2, 0) is 11.3 Å². The van der Waals surface area contributed by atoms with Crippen molar-refractivity contribution in [1.29, 1.82) is 0 Å². The van der Waals surface area contributed by atoms with Crippen molar-refractivity contribution in [2.24, 2.45) is 0 Å². The first-order chi connectivity index (χ1) is 15.7. The van der Waals surface area contributed by atoms with Gasteiger partial charge < -0.3 is 14.4 Å². The molecule has 2 aliphatic rings. The summed E-state index contributed by atoms with van der Waals surface area (Å²) in [6, 6.07) is 21.1. The summed E-state index contributed by atoms with van der Waals surface area (Å²) in [5.41, 5.74) is 3.28. The summed E-state index contributed by atoms with van der Waals surface area (Å²) in [6.07, 6.45) is 8.00. The highest BCUT2D eigenvalue weighted by molar-refractivity contribution is 5.94. The lowest BCUT2D eigenvalue weighted by Crippen LogP contribution is -2.21. The van der Waals surface area contributed by atoms with Crippen LogP contribution in [0.2, 0.25) is 0 Å². The van der Waals surface area contributed by atoms with E-state index in [0.717, 1.165) is 42.1 Å². The number of hydrogen-bond acceptors (Lipinski definition) is 4. The number of methoxy groups -OCH3 is 1. The Morgan fingerprint density at radius 3 is 2.47 bits per heavy atom. The Labute approximate surface area is 189 Å². The van der Waals surface area contributed by atoms with Gasteiger partial charge in [-0.1, -0.05) is 36.4 Å². The van der Waals surface area contributed by atoms with Crippen LogP contribution in [-0.4, -0.2) is 19.0 Å². The summed E-state index contributed by atoms with van der Waals surface area (Å²) < 4.78 is 11.9. The van der Waals surface area contributed by atoms with Gasteiger partial charge in [0.25, 0.3) is 0 Å². The molecule has 0 saturated heterocycles. The van der Waals surface area contributed by atoms with Crippen molar-refractivity contribution in [1.82, 2.24) is 0 Å². The van der Waals surface area contributed by atoms with Crippen molar-refractivity contribution >= 4 is 22.2 Å². The molecule has 0 radical (unpaired) electrons. The van der Waals surface area contributed by atoms with Crippen molar-refractivity contribution in [3.63, 3.8) is 0 Å². The number of nitrogens with zero attached hydrogens (tertiary/aromatic N) is 1. The van der Waals surface area contributed by atoms with E-state index in [1.807, 2.05) is 6.07 Å². The van der Waals surface area contributed by atoms with E-state index in [-0.39, 0.29) is 11.9 Å². The number of hydrogen-bond donors (Lipinski definition) is 0. The summed E-state index contributed by atoms with van der Waals surface area (Å²) in [5.74, 6) is 1.73. The summed E-state index contributed by atoms with van der Waals surface area (Å²) in [4.78, 5) is 14.3. The monoisotopic (exact) mass is 427 g/mol. The van der Waals surface area contributed by atoms with Gasteiger partial charge in [-0.05, 0) is 66.6 Å². The van der Waals surface area contributed by atoms with Gasteiger partial charge in [-0.3, -0.25) is 4.79 Å². The molecule has 2 aliphatic carbocycles. The van der Waals surface area contributed by atoms with Gasteiger partial charge >= 0.3 is 0 Å². The molecule has 4 heteroatoms. The lowest BCUT2D eigenvalue weighted by atomic mass is 10.1. The molecule has 0 aromatic heterocycles. The molecule has 0 spiro atoms. The number of benzene rings is 3. The highest BCUT2D eigenvalue weighted by atomic mass is 16.5. The standard InChI is InChI=1S/C28H29NO3/c1-31-27-15-13-24(18-28(27)32-26-8-4-5-9-26)29(23-12-14-25(30)17-23)19-20-10-11-21-6-2-3-7-22(21)16-20/h2-3,6-7,10-11,13,15-18,26H,4-5,8-9,12,14,19H2,1H3. The van der Waals surface area contributed by atoms with Gasteiger partial charge in [-0.25, -0.2) is 0 Å². The third kappa shape index (κ3) is 4.36. The number of ketones is 1. The Hall–Kier alpha value is -3.27. The Kier molecular flexibility index (Phi) is 5.85. The normalized spacial score (nSPS) is 16.4. The largest absolute Gasteiger partial charge is 0.493 e. The van der Waals surface area contributed by atoms with Crippen molar-refractivity contribution in [3.8, 4) is 11.5 Å². The molecule has 32 heavy (non-hydrogen) atoms. The molecular weight excluding hydrogens is 398 g/mol. The van der Waals surface area contributed by atoms with E-state index < -0.39 is 0 Å². The molecule has 164 valence electrons. The highest BCUT2D eigenvalue weighted by Crippen LogP contribution is 2.37. The van der Waals surface area contributed by atoms with E-state index in [0.29, 0.717) is 13.0 Å². The smallest absolute Gasteiger partial charge is 0.163 e. The first kappa shape index (κ1) is 20.6. The van der Waals surface area contributed by atoms with E-state index in [1.165, 1.54) is 29.2 Å². The molecule has 0 unspecified atom stereocenters. The maximum atomic E-state index is 12.1. The third-order valence-corrected chi connectivity index (χ3v) is 6.51. The Morgan fingerprint density at radius 1 is 0.906 bits per heavy atom. The lowest BCUT2D eigenvalue weighted by Gasteiger charge is -2.27. The van der Waals surface area contributed by atoms with Gasteiger partial charge in [0.15, 0.2) is 17.3 Å². The Morgan fingerprint density at radius 2 is 1.72 bits per heavy atom. The van der Waals surface area contributed by atoms with Crippen LogP contribution < -0.4 is 14.4 Å². The van der Waals surface area contributed by atoms with Gasteiger partial charge in [0, 0.05) is 36.5 Å². The van der Waals surface area contributed by atoms with Crippen molar-refractivity contribution < 1.29 is 14.3 Å². The minimum Gasteiger partial charge on any atom is -0.493 e. The summed E-state index contributed by atoms with van der Waals surface area (Å²) in [5, 5.41) is 2.45. The minimum atomic E-state index is 0.194. The number of carbonyl (C=O) groups is 1. The average Bonchev–Trinajstić information content (AvgIpc) is 3.49. The van der Waals surface area contributed by atoms with E-state index in [2.05, 4.69) is 59.5 Å². The fraction of sp³-hybridized carbons (Fsp3) is 0.321. The van der Waals surface area contributed by atoms with E-state index >= 15 is 0 Å². The zero-order valence-electron chi connectivity index (χ0n) is 18.5. The van der Waals surface area contributed by atoms with Crippen LogP contribution >= 0.6 is 0 Å². The molecule has 4 nitrogen and oxygen atoms in total. The third-order valence-electron chi connectivity index (χ3n) is 6.51. The van der Waals surface area contributed by atoms with Gasteiger partial charge in [0.05, 0.1) is 13.2 Å². The van der Waals surface area contributed by atoms with E-state index in [4.69, 9.17) is 9.47 Å². The SMILES string of the molecule is COc1ccc(N(Cc2ccc3ccccc3c2)C2=CC(=O)CC2)cc1OC1CCCC1. The molecule has 0 atom stereocenters. The molecule has 0 amide bonds. The van der Waals surface area contributed by atoms with Crippen LogP contribution in [0.1, 0.15) is 44.1 Å². The number of ether oxygens (including phenoxy) is 2. The van der Waals surface area contributed by atoms with Gasteiger partial charge in [-0.15, -0.1) is 0 Å². The number of anilines is 1. The van der Waals surface area contributed by atoms with Crippen molar-refractivity contribution in [2.45, 2.75) is 51.2 Å². The van der Waals surface area contributed by atoms with Crippen LogP contribution in [0.4, 0.5) is 5.69 Å². The first-order valence-electron chi connectivity index (χ1n) is 11.5. The zero-order chi connectivity index (χ0) is 21.9. The van der Waals surface area contributed by atoms with Crippen LogP contribution in [0, 0.1) is 0 Å². The average molecular weight is 428 g/mol. The molecule has 0 bridgehead atoms. The lowest BCUT2D eigenvalue weighted by molar-refractivity contribution is -0.114. The van der Waals surface area contributed by atoms with Crippen LogP contribution in [0.25, 0.3) is 10.8 Å². The number of allylic oxidation sites excluding steroid dienone is 2. The quantitative estimate of drug-likeness (QED) is 0.436. The first-order valence-corrected chi connectivity index (χ1v) is 11.5. The molecule has 0 aliphatic heterocycles. The summed E-state index contributed by atoms with van der Waals surface area (Å²) in [7, 11) is 1.68. The van der Waals surface area contributed by atoms with Crippen LogP contribution in [0.5, 0.6) is 11.5 Å². The molecular formula is C28H29NO3. The number of carbonyl (C=O) groups excluding carboxylic acids is 1. The molecule has 3 aromatic carbocycles. The molecule has 0 N–H and O–H groups in total. The molecule has 3 aromatic rings. The van der Waals surface area contributed by atoms with E-state index in [1.54, 1.807) is 13.2 Å². The zero-order valence-corrected chi connectivity index (χ0v) is 18.5. The Bertz CT molecular complexity index is 1160. The highest BCUT2D eigenvalue weighted by Gasteiger charge is 2.23. The molecule has 1 fully saturated rings. The second-order valence-electron chi connectivity index (χ2n) is 8.73. The van der Waals surface area contributed by atoms with Crippen molar-refractivity contribution in [2.75, 3.05) is 12.0 Å². The van der Waals surface area contributed by atoms with Crippen LogP contribution in [0.3, 0.4) is 0 Å². The topological polar surface area (TPSA) is 38.8 Å². The van der Waals surface area contributed by atoms with E-state index in [9.17, 15) is 4.79 Å². The second kappa shape index (κ2) is 9.07. The van der Waals surface area contributed by atoms with Crippen molar-refractivity contribution in [3.05, 3.63) is 78.0 Å². The Balaban J connectivity index is 1.50. The maximum absolute atomic E-state index is 12.1. The summed E-state index contributed by atoms with van der Waals surface area (Å²) >= 11 is 0.